The highest BCUT2D eigenvalue weighted by Gasteiger charge is 2.16. The number of nitrogens with zero attached hydrogens (tertiary/aromatic N) is 2. The van der Waals surface area contributed by atoms with Crippen LogP contribution in [0, 0.1) is 0 Å². The number of aryl methyl sites for hydroxylation is 1. The molecule has 0 saturated carbocycles. The molecule has 20 heavy (non-hydrogen) atoms. The van der Waals surface area contributed by atoms with Crippen LogP contribution in [0.1, 0.15) is 24.0 Å². The van der Waals surface area contributed by atoms with Crippen LogP contribution in [-0.2, 0) is 13.0 Å². The Balaban J connectivity index is 1.90. The lowest BCUT2D eigenvalue weighted by molar-refractivity contribution is 0.714. The number of halogens is 2. The standard InChI is InChI=1S/C16H16Cl2N2/c17-14-9-16(18)19-10-13(14)11-20-8-4-3-6-12-5-1-2-7-15(12)20/h1-2,5,7,9-10H,3-4,6,8,11H2. The highest BCUT2D eigenvalue weighted by Crippen LogP contribution is 2.29. The summed E-state index contributed by atoms with van der Waals surface area (Å²) in [4.78, 5) is 6.53. The van der Waals surface area contributed by atoms with Gasteiger partial charge in [0.25, 0.3) is 0 Å². The van der Waals surface area contributed by atoms with Crippen molar-refractivity contribution >= 4 is 28.9 Å². The lowest BCUT2D eigenvalue weighted by Crippen LogP contribution is -2.23. The Morgan fingerprint density at radius 3 is 2.85 bits per heavy atom. The molecule has 0 fully saturated rings. The van der Waals surface area contributed by atoms with Crippen molar-refractivity contribution in [3.63, 3.8) is 0 Å². The number of para-hydroxylation sites is 1. The molecule has 1 aromatic heterocycles. The first kappa shape index (κ1) is 13.7. The van der Waals surface area contributed by atoms with Gasteiger partial charge in [-0.05, 0) is 37.0 Å². The summed E-state index contributed by atoms with van der Waals surface area (Å²) in [6.07, 6.45) is 5.37. The van der Waals surface area contributed by atoms with Crippen molar-refractivity contribution < 1.29 is 0 Å². The van der Waals surface area contributed by atoms with Gasteiger partial charge in [0.05, 0.1) is 5.02 Å². The van der Waals surface area contributed by atoms with Crippen LogP contribution in [0.4, 0.5) is 5.69 Å². The molecule has 0 radical (unpaired) electrons. The summed E-state index contributed by atoms with van der Waals surface area (Å²) < 4.78 is 0. The summed E-state index contributed by atoms with van der Waals surface area (Å²) in [5.41, 5.74) is 3.76. The molecule has 1 aliphatic heterocycles. The van der Waals surface area contributed by atoms with Gasteiger partial charge >= 0.3 is 0 Å². The third-order valence-corrected chi connectivity index (χ3v) is 4.27. The van der Waals surface area contributed by atoms with Crippen molar-refractivity contribution in [3.8, 4) is 0 Å². The van der Waals surface area contributed by atoms with Crippen molar-refractivity contribution in [1.29, 1.82) is 0 Å². The largest absolute Gasteiger partial charge is 0.367 e. The monoisotopic (exact) mass is 306 g/mol. The second-order valence-electron chi connectivity index (χ2n) is 5.11. The van der Waals surface area contributed by atoms with E-state index < -0.39 is 0 Å². The van der Waals surface area contributed by atoms with E-state index >= 15 is 0 Å². The molecule has 2 heterocycles. The molecular formula is C16H16Cl2N2. The third kappa shape index (κ3) is 2.92. The van der Waals surface area contributed by atoms with Gasteiger partial charge in [0, 0.05) is 30.5 Å². The summed E-state index contributed by atoms with van der Waals surface area (Å²) in [6, 6.07) is 10.3. The molecule has 0 unspecified atom stereocenters. The van der Waals surface area contributed by atoms with Gasteiger partial charge < -0.3 is 4.90 Å². The number of pyridine rings is 1. The maximum atomic E-state index is 6.27. The van der Waals surface area contributed by atoms with Gasteiger partial charge in [-0.25, -0.2) is 4.98 Å². The van der Waals surface area contributed by atoms with Crippen molar-refractivity contribution in [3.05, 3.63) is 57.8 Å². The number of benzene rings is 1. The zero-order valence-electron chi connectivity index (χ0n) is 11.1. The third-order valence-electron chi connectivity index (χ3n) is 3.71. The summed E-state index contributed by atoms with van der Waals surface area (Å²) in [5.74, 6) is 0. The molecule has 0 atom stereocenters. The zero-order valence-corrected chi connectivity index (χ0v) is 12.7. The Hall–Kier alpha value is -1.25. The first-order valence-electron chi connectivity index (χ1n) is 6.87. The minimum absolute atomic E-state index is 0.440. The summed E-state index contributed by atoms with van der Waals surface area (Å²) in [5, 5.41) is 1.13. The Labute approximate surface area is 129 Å². The van der Waals surface area contributed by atoms with Gasteiger partial charge in [-0.1, -0.05) is 41.4 Å². The second-order valence-corrected chi connectivity index (χ2v) is 5.90. The molecule has 0 N–H and O–H groups in total. The van der Waals surface area contributed by atoms with E-state index in [9.17, 15) is 0 Å². The maximum Gasteiger partial charge on any atom is 0.130 e. The molecule has 1 aromatic carbocycles. The number of aromatic nitrogens is 1. The second kappa shape index (κ2) is 6.02. The molecule has 3 rings (SSSR count). The van der Waals surface area contributed by atoms with Gasteiger partial charge in [0.1, 0.15) is 5.15 Å². The summed E-state index contributed by atoms with van der Waals surface area (Å²) in [6.45, 7) is 1.83. The van der Waals surface area contributed by atoms with Crippen LogP contribution < -0.4 is 4.90 Å². The fourth-order valence-corrected chi connectivity index (χ4v) is 3.12. The molecular weight excluding hydrogens is 291 g/mol. The van der Waals surface area contributed by atoms with Crippen LogP contribution in [-0.4, -0.2) is 11.5 Å². The molecule has 0 aliphatic carbocycles. The first-order valence-corrected chi connectivity index (χ1v) is 7.62. The number of anilines is 1. The Kier molecular flexibility index (Phi) is 4.13. The quantitative estimate of drug-likeness (QED) is 0.746. The molecule has 2 aromatic rings. The molecule has 0 amide bonds. The smallest absolute Gasteiger partial charge is 0.130 e. The highest BCUT2D eigenvalue weighted by molar-refractivity contribution is 6.34. The van der Waals surface area contributed by atoms with Crippen LogP contribution in [0.15, 0.2) is 36.5 Å². The molecule has 4 heteroatoms. The molecule has 0 spiro atoms. The summed E-state index contributed by atoms with van der Waals surface area (Å²) in [7, 11) is 0. The zero-order chi connectivity index (χ0) is 13.9. The van der Waals surface area contributed by atoms with Crippen LogP contribution in [0.2, 0.25) is 10.2 Å². The number of hydrogen-bond donors (Lipinski definition) is 0. The van der Waals surface area contributed by atoms with E-state index in [1.165, 1.54) is 24.1 Å². The molecule has 1 aliphatic rings. The van der Waals surface area contributed by atoms with E-state index in [0.29, 0.717) is 10.2 Å². The number of hydrogen-bond acceptors (Lipinski definition) is 2. The predicted octanol–water partition coefficient (Wildman–Crippen LogP) is 4.73. The molecule has 104 valence electrons. The van der Waals surface area contributed by atoms with E-state index in [0.717, 1.165) is 25.1 Å². The number of rotatable bonds is 2. The highest BCUT2D eigenvalue weighted by atomic mass is 35.5. The van der Waals surface area contributed by atoms with Crippen molar-refractivity contribution in [2.45, 2.75) is 25.8 Å². The first-order chi connectivity index (χ1) is 9.74. The van der Waals surface area contributed by atoms with Crippen molar-refractivity contribution in [1.82, 2.24) is 4.98 Å². The Morgan fingerprint density at radius 2 is 2.00 bits per heavy atom. The van der Waals surface area contributed by atoms with E-state index in [4.69, 9.17) is 23.2 Å². The van der Waals surface area contributed by atoms with Gasteiger partial charge in [0.15, 0.2) is 0 Å². The van der Waals surface area contributed by atoms with Gasteiger partial charge in [-0.3, -0.25) is 0 Å². The van der Waals surface area contributed by atoms with Crippen molar-refractivity contribution in [2.24, 2.45) is 0 Å². The Morgan fingerprint density at radius 1 is 1.15 bits per heavy atom. The normalized spacial score (nSPS) is 14.8. The van der Waals surface area contributed by atoms with E-state index in [1.807, 2.05) is 0 Å². The van der Waals surface area contributed by atoms with E-state index in [2.05, 4.69) is 34.1 Å². The summed E-state index contributed by atoms with van der Waals surface area (Å²) >= 11 is 12.1. The maximum absolute atomic E-state index is 6.27. The van der Waals surface area contributed by atoms with Gasteiger partial charge in [0.2, 0.25) is 0 Å². The van der Waals surface area contributed by atoms with Crippen LogP contribution >= 0.6 is 23.2 Å². The van der Waals surface area contributed by atoms with E-state index in [-0.39, 0.29) is 0 Å². The van der Waals surface area contributed by atoms with Crippen LogP contribution in [0.5, 0.6) is 0 Å². The molecule has 0 saturated heterocycles. The average molecular weight is 307 g/mol. The lowest BCUT2D eigenvalue weighted by atomic mass is 10.1. The number of fused-ring (bicyclic) bond motifs is 1. The predicted molar refractivity (Wildman–Crippen MR) is 84.7 cm³/mol. The Bertz CT molecular complexity index is 613. The van der Waals surface area contributed by atoms with Crippen LogP contribution in [0.25, 0.3) is 0 Å². The minimum Gasteiger partial charge on any atom is -0.367 e. The molecule has 0 bridgehead atoms. The fraction of sp³-hybridized carbons (Fsp3) is 0.312. The minimum atomic E-state index is 0.440. The van der Waals surface area contributed by atoms with Gasteiger partial charge in [-0.15, -0.1) is 0 Å². The SMILES string of the molecule is Clc1cc(Cl)c(CN2CCCCc3ccccc32)cn1. The van der Waals surface area contributed by atoms with Gasteiger partial charge in [-0.2, -0.15) is 0 Å². The topological polar surface area (TPSA) is 16.1 Å². The van der Waals surface area contributed by atoms with Crippen LogP contribution in [0.3, 0.4) is 0 Å². The lowest BCUT2D eigenvalue weighted by Gasteiger charge is -2.25. The molecule has 2 nitrogen and oxygen atoms in total. The fourth-order valence-electron chi connectivity index (χ4n) is 2.69. The average Bonchev–Trinajstić information content (AvgIpc) is 2.65. The van der Waals surface area contributed by atoms with Crippen molar-refractivity contribution in [2.75, 3.05) is 11.4 Å². The van der Waals surface area contributed by atoms with E-state index in [1.54, 1.807) is 12.3 Å².